The maximum absolute atomic E-state index is 4.02. The Hall–Kier alpha value is -1.84. The largest absolute Gasteiger partial charge is 0.262 e. The van der Waals surface area contributed by atoms with Crippen LogP contribution in [0.2, 0.25) is 0 Å². The fourth-order valence-electron chi connectivity index (χ4n) is 0.730. The molecular formula is C10H12N4. The second kappa shape index (κ2) is 5.75. The van der Waals surface area contributed by atoms with Crippen LogP contribution in [0.25, 0.3) is 0 Å². The Kier molecular flexibility index (Phi) is 4.20. The summed E-state index contributed by atoms with van der Waals surface area (Å²) in [7, 11) is 0. The molecule has 0 atom stereocenters. The molecule has 0 N–H and O–H groups in total. The number of hydrogen-bond donors (Lipinski definition) is 0. The second-order valence-electron chi connectivity index (χ2n) is 2.62. The highest BCUT2D eigenvalue weighted by Gasteiger charge is 1.87. The molecule has 0 fully saturated rings. The highest BCUT2D eigenvalue weighted by Crippen LogP contribution is 1.93. The normalized spacial score (nSPS) is 8.71. The Morgan fingerprint density at radius 1 is 0.643 bits per heavy atom. The first-order chi connectivity index (χ1) is 6.80. The molecule has 0 aromatic carbocycles. The first-order valence-electron chi connectivity index (χ1n) is 4.25. The lowest BCUT2D eigenvalue weighted by molar-refractivity contribution is 1.05. The second-order valence-corrected chi connectivity index (χ2v) is 2.62. The van der Waals surface area contributed by atoms with Crippen molar-refractivity contribution in [3.05, 3.63) is 48.6 Å². The Bertz CT molecular complexity index is 314. The zero-order chi connectivity index (χ0) is 10.2. The quantitative estimate of drug-likeness (QED) is 0.629. The van der Waals surface area contributed by atoms with Crippen molar-refractivity contribution < 1.29 is 0 Å². The average Bonchev–Trinajstić information content (AvgIpc) is 2.26. The molecule has 2 aromatic rings. The SMILES string of the molecule is Cc1nccnc1C.c1cnccn1. The summed E-state index contributed by atoms with van der Waals surface area (Å²) in [4.78, 5) is 15.5. The van der Waals surface area contributed by atoms with Gasteiger partial charge >= 0.3 is 0 Å². The zero-order valence-corrected chi connectivity index (χ0v) is 8.25. The predicted molar refractivity (Wildman–Crippen MR) is 53.5 cm³/mol. The van der Waals surface area contributed by atoms with Crippen molar-refractivity contribution in [3.63, 3.8) is 0 Å². The van der Waals surface area contributed by atoms with Crippen LogP contribution in [-0.2, 0) is 0 Å². The molecule has 0 amide bonds. The molecule has 0 unspecified atom stereocenters. The molecule has 0 aliphatic rings. The minimum atomic E-state index is 1.01. The Morgan fingerprint density at radius 2 is 1.00 bits per heavy atom. The van der Waals surface area contributed by atoms with Crippen molar-refractivity contribution in [2.45, 2.75) is 13.8 Å². The van der Waals surface area contributed by atoms with Crippen LogP contribution in [0.1, 0.15) is 11.4 Å². The smallest absolute Gasteiger partial charge is 0.0584 e. The van der Waals surface area contributed by atoms with Gasteiger partial charge in [-0.1, -0.05) is 0 Å². The monoisotopic (exact) mass is 188 g/mol. The molecule has 4 nitrogen and oxygen atoms in total. The van der Waals surface area contributed by atoms with Crippen molar-refractivity contribution >= 4 is 0 Å². The summed E-state index contributed by atoms with van der Waals surface area (Å²) in [5.41, 5.74) is 2.01. The molecule has 0 saturated carbocycles. The third-order valence-electron chi connectivity index (χ3n) is 1.60. The molecule has 2 rings (SSSR count). The summed E-state index contributed by atoms with van der Waals surface area (Å²) < 4.78 is 0. The summed E-state index contributed by atoms with van der Waals surface area (Å²) >= 11 is 0. The van der Waals surface area contributed by atoms with Gasteiger partial charge in [0, 0.05) is 37.2 Å². The Morgan fingerprint density at radius 3 is 1.21 bits per heavy atom. The molecule has 72 valence electrons. The number of hydrogen-bond acceptors (Lipinski definition) is 4. The summed E-state index contributed by atoms with van der Waals surface area (Å²) in [6, 6.07) is 0. The standard InChI is InChI=1S/C6H8N2.C4H4N2/c1-5-6(2)8-4-3-7-5;1-2-6-4-3-5-1/h3-4H,1-2H3;1-4H. The van der Waals surface area contributed by atoms with E-state index in [4.69, 9.17) is 0 Å². The minimum absolute atomic E-state index is 1.01. The van der Waals surface area contributed by atoms with E-state index < -0.39 is 0 Å². The van der Waals surface area contributed by atoms with Crippen LogP contribution in [0.3, 0.4) is 0 Å². The molecule has 2 heterocycles. The maximum Gasteiger partial charge on any atom is 0.0584 e. The van der Waals surface area contributed by atoms with Gasteiger partial charge < -0.3 is 0 Å². The van der Waals surface area contributed by atoms with Gasteiger partial charge in [0.2, 0.25) is 0 Å². The summed E-state index contributed by atoms with van der Waals surface area (Å²) in [5, 5.41) is 0. The number of nitrogens with zero attached hydrogens (tertiary/aromatic N) is 4. The van der Waals surface area contributed by atoms with E-state index in [1.54, 1.807) is 37.2 Å². The molecule has 2 aromatic heterocycles. The fourth-order valence-corrected chi connectivity index (χ4v) is 0.730. The minimum Gasteiger partial charge on any atom is -0.262 e. The van der Waals surface area contributed by atoms with E-state index in [0.29, 0.717) is 0 Å². The first kappa shape index (κ1) is 10.2. The maximum atomic E-state index is 4.02. The third-order valence-corrected chi connectivity index (χ3v) is 1.60. The topological polar surface area (TPSA) is 51.6 Å². The van der Waals surface area contributed by atoms with Crippen molar-refractivity contribution in [1.82, 2.24) is 19.9 Å². The van der Waals surface area contributed by atoms with Crippen LogP contribution in [0.5, 0.6) is 0 Å². The van der Waals surface area contributed by atoms with Gasteiger partial charge in [0.1, 0.15) is 0 Å². The van der Waals surface area contributed by atoms with Crippen LogP contribution in [-0.4, -0.2) is 19.9 Å². The van der Waals surface area contributed by atoms with Crippen LogP contribution < -0.4 is 0 Å². The van der Waals surface area contributed by atoms with Crippen molar-refractivity contribution in [2.24, 2.45) is 0 Å². The summed E-state index contributed by atoms with van der Waals surface area (Å²) in [6.07, 6.45) is 9.95. The van der Waals surface area contributed by atoms with Crippen LogP contribution >= 0.6 is 0 Å². The molecule has 0 radical (unpaired) electrons. The Labute approximate surface area is 83.1 Å². The molecule has 0 saturated heterocycles. The van der Waals surface area contributed by atoms with E-state index >= 15 is 0 Å². The van der Waals surface area contributed by atoms with E-state index in [1.807, 2.05) is 13.8 Å². The van der Waals surface area contributed by atoms with Crippen molar-refractivity contribution in [3.8, 4) is 0 Å². The lowest BCUT2D eigenvalue weighted by atomic mass is 10.4. The van der Waals surface area contributed by atoms with Gasteiger partial charge in [-0.05, 0) is 13.8 Å². The Balaban J connectivity index is 0.000000146. The van der Waals surface area contributed by atoms with E-state index in [2.05, 4.69) is 19.9 Å². The molecular weight excluding hydrogens is 176 g/mol. The molecule has 0 bridgehead atoms. The molecule has 4 heteroatoms. The van der Waals surface area contributed by atoms with Crippen LogP contribution in [0.15, 0.2) is 37.2 Å². The highest BCUT2D eigenvalue weighted by molar-refractivity contribution is 5.04. The predicted octanol–water partition coefficient (Wildman–Crippen LogP) is 1.57. The molecule has 0 spiro atoms. The van der Waals surface area contributed by atoms with Gasteiger partial charge in [0.25, 0.3) is 0 Å². The van der Waals surface area contributed by atoms with E-state index in [1.165, 1.54) is 0 Å². The lowest BCUT2D eigenvalue weighted by Crippen LogP contribution is -1.87. The fraction of sp³-hybridized carbons (Fsp3) is 0.200. The van der Waals surface area contributed by atoms with Gasteiger partial charge in [-0.3, -0.25) is 19.9 Å². The summed E-state index contributed by atoms with van der Waals surface area (Å²) in [6.45, 7) is 3.89. The highest BCUT2D eigenvalue weighted by atomic mass is 14.8. The molecule has 0 aliphatic carbocycles. The van der Waals surface area contributed by atoms with Gasteiger partial charge in [0.05, 0.1) is 11.4 Å². The summed E-state index contributed by atoms with van der Waals surface area (Å²) in [5.74, 6) is 0. The van der Waals surface area contributed by atoms with E-state index in [0.717, 1.165) is 11.4 Å². The van der Waals surface area contributed by atoms with Gasteiger partial charge in [-0.2, -0.15) is 0 Å². The van der Waals surface area contributed by atoms with Gasteiger partial charge in [-0.15, -0.1) is 0 Å². The van der Waals surface area contributed by atoms with E-state index in [9.17, 15) is 0 Å². The third kappa shape index (κ3) is 3.71. The number of aromatic nitrogens is 4. The first-order valence-corrected chi connectivity index (χ1v) is 4.25. The van der Waals surface area contributed by atoms with Gasteiger partial charge in [0.15, 0.2) is 0 Å². The van der Waals surface area contributed by atoms with Crippen LogP contribution in [0.4, 0.5) is 0 Å². The molecule has 14 heavy (non-hydrogen) atoms. The lowest BCUT2D eigenvalue weighted by Gasteiger charge is -1.91. The zero-order valence-electron chi connectivity index (χ0n) is 8.25. The van der Waals surface area contributed by atoms with Crippen molar-refractivity contribution in [1.29, 1.82) is 0 Å². The number of aryl methyl sites for hydroxylation is 2. The number of rotatable bonds is 0. The van der Waals surface area contributed by atoms with E-state index in [-0.39, 0.29) is 0 Å². The average molecular weight is 188 g/mol. The van der Waals surface area contributed by atoms with Crippen molar-refractivity contribution in [2.75, 3.05) is 0 Å². The van der Waals surface area contributed by atoms with Gasteiger partial charge in [-0.25, -0.2) is 0 Å². The molecule has 0 aliphatic heterocycles. The van der Waals surface area contributed by atoms with Crippen LogP contribution in [0, 0.1) is 13.8 Å².